The van der Waals surface area contributed by atoms with Crippen LogP contribution in [0.4, 0.5) is 15.8 Å². The fourth-order valence-electron chi connectivity index (χ4n) is 4.08. The number of sulfonamides is 1. The largest absolute Gasteiger partial charge is 0.357 e. The van der Waals surface area contributed by atoms with E-state index in [9.17, 15) is 32.5 Å². The van der Waals surface area contributed by atoms with E-state index >= 15 is 0 Å². The molecule has 1 N–H and O–H groups in total. The van der Waals surface area contributed by atoms with Crippen LogP contribution in [-0.2, 0) is 32.6 Å². The summed E-state index contributed by atoms with van der Waals surface area (Å²) in [7, 11) is -2.66. The molecule has 0 saturated carbocycles. The van der Waals surface area contributed by atoms with E-state index in [1.54, 1.807) is 31.2 Å². The van der Waals surface area contributed by atoms with Crippen LogP contribution in [0.1, 0.15) is 16.7 Å². The van der Waals surface area contributed by atoms with E-state index in [2.05, 4.69) is 5.32 Å². The smallest absolute Gasteiger partial charge is 0.271 e. The quantitative estimate of drug-likeness (QED) is 0.285. The highest BCUT2D eigenvalue weighted by atomic mass is 32.2. The molecule has 0 saturated heterocycles. The van der Waals surface area contributed by atoms with Crippen molar-refractivity contribution in [2.75, 3.05) is 24.2 Å². The predicted octanol–water partition coefficient (Wildman–Crippen LogP) is 3.19. The van der Waals surface area contributed by atoms with Crippen molar-refractivity contribution in [3.8, 4) is 0 Å². The van der Waals surface area contributed by atoms with Crippen molar-refractivity contribution >= 4 is 33.2 Å². The minimum absolute atomic E-state index is 0.0265. The Balaban J connectivity index is 2.07. The first kappa shape index (κ1) is 29.2. The molecule has 0 bridgehead atoms. The number of carbonyl (C=O) groups excluding carboxylic acids is 2. The molecule has 0 radical (unpaired) electrons. The summed E-state index contributed by atoms with van der Waals surface area (Å²) in [6.07, 6.45) is 1.02. The Hall–Kier alpha value is -4.32. The van der Waals surface area contributed by atoms with Gasteiger partial charge in [0.15, 0.2) is 0 Å². The van der Waals surface area contributed by atoms with Crippen LogP contribution in [0.15, 0.2) is 72.8 Å². The highest BCUT2D eigenvalue weighted by Crippen LogP contribution is 2.28. The number of nitrogens with zero attached hydrogens (tertiary/aromatic N) is 3. The summed E-state index contributed by atoms with van der Waals surface area (Å²) >= 11 is 0. The van der Waals surface area contributed by atoms with Crippen molar-refractivity contribution in [3.05, 3.63) is 105 Å². The lowest BCUT2D eigenvalue weighted by atomic mass is 10.0. The van der Waals surface area contributed by atoms with Gasteiger partial charge in [-0.15, -0.1) is 0 Å². The summed E-state index contributed by atoms with van der Waals surface area (Å²) in [4.78, 5) is 38.9. The number of likely N-dealkylation sites (N-methyl/N-ethyl adjacent to an activating group) is 1. The van der Waals surface area contributed by atoms with Gasteiger partial charge in [0.05, 0.1) is 16.9 Å². The fraction of sp³-hybridized carbons (Fsp3) is 0.259. The minimum atomic E-state index is -4.09. The summed E-state index contributed by atoms with van der Waals surface area (Å²) in [5, 5.41) is 13.9. The molecule has 12 heteroatoms. The summed E-state index contributed by atoms with van der Waals surface area (Å²) < 4.78 is 40.0. The van der Waals surface area contributed by atoms with Crippen molar-refractivity contribution < 1.29 is 27.3 Å². The van der Waals surface area contributed by atoms with Gasteiger partial charge >= 0.3 is 0 Å². The molecule has 0 aliphatic heterocycles. The molecule has 0 aliphatic carbocycles. The van der Waals surface area contributed by atoms with Crippen molar-refractivity contribution in [1.82, 2.24) is 10.2 Å². The molecule has 0 heterocycles. The Kier molecular flexibility index (Phi) is 9.36. The Morgan fingerprint density at radius 1 is 1.03 bits per heavy atom. The maximum absolute atomic E-state index is 13.9. The number of amides is 2. The van der Waals surface area contributed by atoms with E-state index in [4.69, 9.17) is 0 Å². The second-order valence-electron chi connectivity index (χ2n) is 8.97. The summed E-state index contributed by atoms with van der Waals surface area (Å²) in [6.45, 7) is 0.737. The van der Waals surface area contributed by atoms with Crippen molar-refractivity contribution in [2.24, 2.45) is 0 Å². The number of hydrogen-bond donors (Lipinski definition) is 1. The van der Waals surface area contributed by atoms with Crippen LogP contribution in [0, 0.1) is 22.9 Å². The average molecular weight is 557 g/mol. The first-order valence-electron chi connectivity index (χ1n) is 11.9. The average Bonchev–Trinajstić information content (AvgIpc) is 2.90. The normalized spacial score (nSPS) is 11.9. The topological polar surface area (TPSA) is 130 Å². The number of nitro benzene ring substituents is 1. The van der Waals surface area contributed by atoms with Crippen LogP contribution in [0.5, 0.6) is 0 Å². The lowest BCUT2D eigenvalue weighted by Crippen LogP contribution is -2.53. The Labute approximate surface area is 226 Å². The molecule has 2 amide bonds. The van der Waals surface area contributed by atoms with Crippen molar-refractivity contribution in [3.63, 3.8) is 0 Å². The van der Waals surface area contributed by atoms with Gasteiger partial charge in [0.2, 0.25) is 21.8 Å². The molecular formula is C27H29FN4O6S. The van der Waals surface area contributed by atoms with Crippen LogP contribution in [0.2, 0.25) is 0 Å². The number of nitrogens with one attached hydrogen (secondary N) is 1. The molecule has 0 fully saturated rings. The lowest BCUT2D eigenvalue weighted by Gasteiger charge is -2.33. The van der Waals surface area contributed by atoms with Gasteiger partial charge in [0, 0.05) is 32.1 Å². The van der Waals surface area contributed by atoms with Gasteiger partial charge in [0.1, 0.15) is 18.4 Å². The maximum Gasteiger partial charge on any atom is 0.271 e. The van der Waals surface area contributed by atoms with Gasteiger partial charge in [-0.25, -0.2) is 12.8 Å². The molecule has 0 aliphatic rings. The molecule has 0 spiro atoms. The van der Waals surface area contributed by atoms with Gasteiger partial charge in [0.25, 0.3) is 5.69 Å². The molecular weight excluding hydrogens is 527 g/mol. The molecule has 1 atom stereocenters. The molecule has 0 aromatic heterocycles. The highest BCUT2D eigenvalue weighted by molar-refractivity contribution is 7.92. The third-order valence-corrected chi connectivity index (χ3v) is 7.26. The first-order chi connectivity index (χ1) is 18.4. The summed E-state index contributed by atoms with van der Waals surface area (Å²) in [5.41, 5.74) is 1.31. The molecule has 39 heavy (non-hydrogen) atoms. The summed E-state index contributed by atoms with van der Waals surface area (Å²) in [5.74, 6) is -1.68. The second kappa shape index (κ2) is 12.5. The fourth-order valence-corrected chi connectivity index (χ4v) is 4.98. The molecule has 206 valence electrons. The Morgan fingerprint density at radius 3 is 2.23 bits per heavy atom. The van der Waals surface area contributed by atoms with Crippen LogP contribution in [0.3, 0.4) is 0 Å². The maximum atomic E-state index is 13.9. The monoisotopic (exact) mass is 556 g/mol. The van der Waals surface area contributed by atoms with Crippen LogP contribution >= 0.6 is 0 Å². The zero-order chi connectivity index (χ0) is 28.7. The number of nitro groups is 1. The zero-order valence-corrected chi connectivity index (χ0v) is 22.5. The number of halogens is 1. The number of benzene rings is 3. The van der Waals surface area contributed by atoms with E-state index in [1.165, 1.54) is 48.3 Å². The van der Waals surface area contributed by atoms with E-state index in [0.717, 1.165) is 22.2 Å². The minimum Gasteiger partial charge on any atom is -0.357 e. The first-order valence-corrected chi connectivity index (χ1v) is 13.8. The Bertz CT molecular complexity index is 1450. The summed E-state index contributed by atoms with van der Waals surface area (Å²) in [6, 6.07) is 17.1. The second-order valence-corrected chi connectivity index (χ2v) is 10.9. The predicted molar refractivity (Wildman–Crippen MR) is 145 cm³/mol. The molecule has 3 aromatic rings. The molecule has 3 aromatic carbocycles. The van der Waals surface area contributed by atoms with E-state index in [-0.39, 0.29) is 24.3 Å². The van der Waals surface area contributed by atoms with E-state index in [1.807, 2.05) is 6.07 Å². The van der Waals surface area contributed by atoms with Gasteiger partial charge in [-0.3, -0.25) is 24.0 Å². The van der Waals surface area contributed by atoms with Crippen molar-refractivity contribution in [2.45, 2.75) is 25.9 Å². The van der Waals surface area contributed by atoms with Gasteiger partial charge in [-0.1, -0.05) is 48.5 Å². The van der Waals surface area contributed by atoms with Gasteiger partial charge in [-0.05, 0) is 35.7 Å². The van der Waals surface area contributed by atoms with E-state index < -0.39 is 45.2 Å². The molecule has 10 nitrogen and oxygen atoms in total. The number of anilines is 1. The van der Waals surface area contributed by atoms with Crippen LogP contribution in [0.25, 0.3) is 0 Å². The highest BCUT2D eigenvalue weighted by Gasteiger charge is 2.33. The number of non-ortho nitro benzene ring substituents is 1. The van der Waals surface area contributed by atoms with Gasteiger partial charge < -0.3 is 10.2 Å². The number of carbonyl (C=O) groups is 2. The van der Waals surface area contributed by atoms with E-state index in [0.29, 0.717) is 11.1 Å². The number of hydrogen-bond acceptors (Lipinski definition) is 6. The molecule has 0 unspecified atom stereocenters. The van der Waals surface area contributed by atoms with Crippen LogP contribution < -0.4 is 9.62 Å². The standard InChI is InChI=1S/C27H29FN4O6S/c1-19-9-14-23(32(35)36)16-24(19)31(39(3,37)38)18-26(33)30(17-21-10-12-22(28)13-11-21)25(27(34)29-2)15-20-7-5-4-6-8-20/h4-14,16,25H,15,17-18H2,1-3H3,(H,29,34)/t25-/m0/s1. The number of aryl methyl sites for hydroxylation is 1. The number of rotatable bonds is 11. The Morgan fingerprint density at radius 2 is 1.67 bits per heavy atom. The third kappa shape index (κ3) is 7.60. The lowest BCUT2D eigenvalue weighted by molar-refractivity contribution is -0.384. The van der Waals surface area contributed by atoms with Gasteiger partial charge in [-0.2, -0.15) is 0 Å². The molecule has 3 rings (SSSR count). The zero-order valence-electron chi connectivity index (χ0n) is 21.7. The SMILES string of the molecule is CNC(=O)[C@H](Cc1ccccc1)N(Cc1ccc(F)cc1)C(=O)CN(c1cc([N+](=O)[O-])ccc1C)S(C)(=O)=O. The third-order valence-electron chi connectivity index (χ3n) is 6.14. The van der Waals surface area contributed by atoms with Crippen LogP contribution in [-0.4, -0.2) is 55.9 Å². The van der Waals surface area contributed by atoms with Crippen molar-refractivity contribution in [1.29, 1.82) is 0 Å².